The Morgan fingerprint density at radius 2 is 1.70 bits per heavy atom. The van der Waals surface area contributed by atoms with Crippen molar-refractivity contribution < 1.29 is 4.79 Å². The number of halogens is 2. The minimum Gasteiger partial charge on any atom is -0.338 e. The first-order chi connectivity index (χ1) is 9.65. The third-order valence-electron chi connectivity index (χ3n) is 3.22. The van der Waals surface area contributed by atoms with Gasteiger partial charge in [0.2, 0.25) is 0 Å². The molecule has 0 radical (unpaired) electrons. The van der Waals surface area contributed by atoms with E-state index in [1.165, 1.54) is 0 Å². The van der Waals surface area contributed by atoms with Gasteiger partial charge in [-0.05, 0) is 30.3 Å². The van der Waals surface area contributed by atoms with Crippen molar-refractivity contribution in [3.63, 3.8) is 0 Å². The molecular formula is C16H11Cl2NO. The second-order valence-electron chi connectivity index (χ2n) is 4.55. The number of nitrogens with zero attached hydrogens (tertiary/aromatic N) is 1. The van der Waals surface area contributed by atoms with E-state index < -0.39 is 0 Å². The summed E-state index contributed by atoms with van der Waals surface area (Å²) >= 11 is 12.0. The lowest BCUT2D eigenvalue weighted by molar-refractivity contribution is 0.0973. The van der Waals surface area contributed by atoms with Gasteiger partial charge < -0.3 is 4.57 Å². The van der Waals surface area contributed by atoms with E-state index in [1.807, 2.05) is 28.8 Å². The molecule has 3 rings (SSSR count). The number of carbonyl (C=O) groups is 1. The average molecular weight is 304 g/mol. The van der Waals surface area contributed by atoms with E-state index in [-0.39, 0.29) is 12.3 Å². The minimum atomic E-state index is 0.0269. The standard InChI is InChI=1S/C16H11Cl2NO/c17-12-7-5-11(6-8-12)16(20)10-19-9-14(18)13-3-1-2-4-15(13)19/h1-9H,10H2. The molecule has 0 N–H and O–H groups in total. The average Bonchev–Trinajstić information content (AvgIpc) is 2.77. The number of benzene rings is 2. The maximum absolute atomic E-state index is 12.3. The van der Waals surface area contributed by atoms with Crippen LogP contribution in [0.1, 0.15) is 10.4 Å². The van der Waals surface area contributed by atoms with Gasteiger partial charge in [-0.2, -0.15) is 0 Å². The van der Waals surface area contributed by atoms with Crippen molar-refractivity contribution in [2.45, 2.75) is 6.54 Å². The van der Waals surface area contributed by atoms with Gasteiger partial charge in [0.15, 0.2) is 5.78 Å². The van der Waals surface area contributed by atoms with E-state index in [4.69, 9.17) is 23.2 Å². The Kier molecular flexibility index (Phi) is 3.51. The van der Waals surface area contributed by atoms with Gasteiger partial charge in [-0.1, -0.05) is 41.4 Å². The van der Waals surface area contributed by atoms with Crippen molar-refractivity contribution in [2.24, 2.45) is 0 Å². The molecule has 1 heterocycles. The summed E-state index contributed by atoms with van der Waals surface area (Å²) in [5, 5.41) is 2.23. The molecule has 0 spiro atoms. The first-order valence-corrected chi connectivity index (χ1v) is 6.93. The fourth-order valence-corrected chi connectivity index (χ4v) is 2.62. The summed E-state index contributed by atoms with van der Waals surface area (Å²) in [5.41, 5.74) is 1.60. The van der Waals surface area contributed by atoms with Gasteiger partial charge in [-0.25, -0.2) is 0 Å². The molecular weight excluding hydrogens is 293 g/mol. The van der Waals surface area contributed by atoms with E-state index in [0.717, 1.165) is 10.9 Å². The van der Waals surface area contributed by atoms with E-state index in [0.29, 0.717) is 15.6 Å². The van der Waals surface area contributed by atoms with Crippen LogP contribution in [0.15, 0.2) is 54.7 Å². The second-order valence-corrected chi connectivity index (χ2v) is 5.40. The molecule has 0 fully saturated rings. The fourth-order valence-electron chi connectivity index (χ4n) is 2.21. The van der Waals surface area contributed by atoms with Crippen LogP contribution in [0.2, 0.25) is 10.0 Å². The second kappa shape index (κ2) is 5.31. The van der Waals surface area contributed by atoms with Crippen molar-refractivity contribution in [3.8, 4) is 0 Å². The number of fused-ring (bicyclic) bond motifs is 1. The first-order valence-electron chi connectivity index (χ1n) is 6.17. The molecule has 20 heavy (non-hydrogen) atoms. The SMILES string of the molecule is O=C(Cn1cc(Cl)c2ccccc21)c1ccc(Cl)cc1. The van der Waals surface area contributed by atoms with Gasteiger partial charge in [0.1, 0.15) is 0 Å². The largest absolute Gasteiger partial charge is 0.338 e. The van der Waals surface area contributed by atoms with Crippen LogP contribution in [0.25, 0.3) is 10.9 Å². The normalized spacial score (nSPS) is 10.9. The highest BCUT2D eigenvalue weighted by molar-refractivity contribution is 6.35. The third kappa shape index (κ3) is 2.45. The molecule has 0 aliphatic rings. The first kappa shape index (κ1) is 13.2. The highest BCUT2D eigenvalue weighted by Crippen LogP contribution is 2.25. The van der Waals surface area contributed by atoms with Gasteiger partial charge in [0, 0.05) is 27.7 Å². The van der Waals surface area contributed by atoms with E-state index in [2.05, 4.69) is 0 Å². The number of rotatable bonds is 3. The predicted octanol–water partition coefficient (Wildman–Crippen LogP) is 4.83. The zero-order valence-corrected chi connectivity index (χ0v) is 12.0. The summed E-state index contributed by atoms with van der Waals surface area (Å²) in [6.07, 6.45) is 1.79. The Morgan fingerprint density at radius 1 is 1.00 bits per heavy atom. The summed E-state index contributed by atoms with van der Waals surface area (Å²) in [7, 11) is 0. The molecule has 4 heteroatoms. The summed E-state index contributed by atoms with van der Waals surface area (Å²) in [6, 6.07) is 14.7. The fraction of sp³-hybridized carbons (Fsp3) is 0.0625. The van der Waals surface area contributed by atoms with Crippen LogP contribution in [-0.4, -0.2) is 10.4 Å². The Morgan fingerprint density at radius 3 is 2.45 bits per heavy atom. The van der Waals surface area contributed by atoms with Gasteiger partial charge in [0.25, 0.3) is 0 Å². The highest BCUT2D eigenvalue weighted by Gasteiger charge is 2.11. The van der Waals surface area contributed by atoms with Gasteiger partial charge >= 0.3 is 0 Å². The molecule has 0 amide bonds. The predicted molar refractivity (Wildman–Crippen MR) is 82.7 cm³/mol. The molecule has 0 atom stereocenters. The molecule has 0 saturated carbocycles. The van der Waals surface area contributed by atoms with Gasteiger partial charge in [0.05, 0.1) is 11.6 Å². The Balaban J connectivity index is 1.93. The van der Waals surface area contributed by atoms with Crippen molar-refractivity contribution in [3.05, 3.63) is 70.3 Å². The minimum absolute atomic E-state index is 0.0269. The lowest BCUT2D eigenvalue weighted by Gasteiger charge is -2.05. The van der Waals surface area contributed by atoms with E-state index in [9.17, 15) is 4.79 Å². The summed E-state index contributed by atoms with van der Waals surface area (Å²) in [5.74, 6) is 0.0269. The van der Waals surface area contributed by atoms with Crippen LogP contribution in [0.5, 0.6) is 0 Å². The number of para-hydroxylation sites is 1. The van der Waals surface area contributed by atoms with E-state index >= 15 is 0 Å². The molecule has 0 aliphatic heterocycles. The van der Waals surface area contributed by atoms with Gasteiger partial charge in [-0.15, -0.1) is 0 Å². The maximum atomic E-state index is 12.3. The Hall–Kier alpha value is -1.77. The van der Waals surface area contributed by atoms with Crippen LogP contribution >= 0.6 is 23.2 Å². The summed E-state index contributed by atoms with van der Waals surface area (Å²) in [4.78, 5) is 12.3. The summed E-state index contributed by atoms with van der Waals surface area (Å²) in [6.45, 7) is 0.259. The lowest BCUT2D eigenvalue weighted by atomic mass is 10.1. The zero-order valence-electron chi connectivity index (χ0n) is 10.5. The molecule has 0 unspecified atom stereocenters. The van der Waals surface area contributed by atoms with Crippen LogP contribution in [-0.2, 0) is 6.54 Å². The number of Topliss-reactive ketones (excluding diaryl/α,β-unsaturated/α-hetero) is 1. The number of aromatic nitrogens is 1. The monoisotopic (exact) mass is 303 g/mol. The number of hydrogen-bond acceptors (Lipinski definition) is 1. The molecule has 100 valence electrons. The molecule has 2 aromatic carbocycles. The molecule has 0 saturated heterocycles. The molecule has 0 bridgehead atoms. The number of hydrogen-bond donors (Lipinski definition) is 0. The Labute approximate surface area is 126 Å². The lowest BCUT2D eigenvalue weighted by Crippen LogP contribution is -2.09. The third-order valence-corrected chi connectivity index (χ3v) is 3.77. The number of ketones is 1. The quantitative estimate of drug-likeness (QED) is 0.635. The Bertz CT molecular complexity index is 775. The molecule has 2 nitrogen and oxygen atoms in total. The van der Waals surface area contributed by atoms with Crippen molar-refractivity contribution >= 4 is 39.9 Å². The topological polar surface area (TPSA) is 22.0 Å². The van der Waals surface area contributed by atoms with Crippen molar-refractivity contribution in [2.75, 3.05) is 0 Å². The number of carbonyl (C=O) groups excluding carboxylic acids is 1. The molecule has 1 aromatic heterocycles. The van der Waals surface area contributed by atoms with Crippen LogP contribution in [0.4, 0.5) is 0 Å². The smallest absolute Gasteiger partial charge is 0.182 e. The van der Waals surface area contributed by atoms with Crippen molar-refractivity contribution in [1.82, 2.24) is 4.57 Å². The highest BCUT2D eigenvalue weighted by atomic mass is 35.5. The van der Waals surface area contributed by atoms with Crippen molar-refractivity contribution in [1.29, 1.82) is 0 Å². The molecule has 3 aromatic rings. The van der Waals surface area contributed by atoms with Crippen LogP contribution < -0.4 is 0 Å². The maximum Gasteiger partial charge on any atom is 0.182 e. The van der Waals surface area contributed by atoms with Gasteiger partial charge in [-0.3, -0.25) is 4.79 Å². The molecule has 0 aliphatic carbocycles. The van der Waals surface area contributed by atoms with Crippen LogP contribution in [0, 0.1) is 0 Å². The van der Waals surface area contributed by atoms with E-state index in [1.54, 1.807) is 30.5 Å². The zero-order chi connectivity index (χ0) is 14.1. The van der Waals surface area contributed by atoms with Crippen LogP contribution in [0.3, 0.4) is 0 Å². The summed E-state index contributed by atoms with van der Waals surface area (Å²) < 4.78 is 1.87.